The van der Waals surface area contributed by atoms with Gasteiger partial charge in [0.25, 0.3) is 0 Å². The van der Waals surface area contributed by atoms with Gasteiger partial charge in [-0.2, -0.15) is 4.31 Å². The zero-order valence-corrected chi connectivity index (χ0v) is 20.5. The summed E-state index contributed by atoms with van der Waals surface area (Å²) in [5.74, 6) is 0.707. The van der Waals surface area contributed by atoms with Crippen LogP contribution in [0.3, 0.4) is 0 Å². The predicted molar refractivity (Wildman–Crippen MR) is 125 cm³/mol. The van der Waals surface area contributed by atoms with Crippen LogP contribution in [-0.2, 0) is 21.3 Å². The number of ether oxygens (including phenoxy) is 1. The number of guanidine groups is 1. The molecule has 1 aromatic carbocycles. The lowest BCUT2D eigenvalue weighted by atomic mass is 10.1. The molecule has 9 heteroatoms. The van der Waals surface area contributed by atoms with E-state index in [1.807, 2.05) is 25.8 Å². The number of hydrogen-bond acceptors (Lipinski definition) is 4. The van der Waals surface area contributed by atoms with E-state index in [9.17, 15) is 8.42 Å². The first-order valence-corrected chi connectivity index (χ1v) is 10.9. The van der Waals surface area contributed by atoms with Crippen LogP contribution in [0.4, 0.5) is 0 Å². The summed E-state index contributed by atoms with van der Waals surface area (Å²) >= 11 is 0. The third kappa shape index (κ3) is 7.49. The molecule has 1 aliphatic rings. The minimum Gasteiger partial charge on any atom is -0.373 e. The van der Waals surface area contributed by atoms with Gasteiger partial charge in [-0.3, -0.25) is 4.99 Å². The molecule has 1 aliphatic heterocycles. The average molecular weight is 524 g/mol. The molecule has 0 saturated carbocycles. The van der Waals surface area contributed by atoms with E-state index in [0.29, 0.717) is 32.1 Å². The smallest absolute Gasteiger partial charge is 0.216 e. The molecule has 0 aromatic heterocycles. The van der Waals surface area contributed by atoms with Gasteiger partial charge in [-0.15, -0.1) is 24.0 Å². The fraction of sp³-hybridized carbons (Fsp3) is 0.632. The van der Waals surface area contributed by atoms with Crippen LogP contribution < -0.4 is 5.32 Å². The van der Waals surface area contributed by atoms with Gasteiger partial charge in [0.05, 0.1) is 18.0 Å². The second-order valence-corrected chi connectivity index (χ2v) is 9.29. The van der Waals surface area contributed by atoms with Crippen molar-refractivity contribution in [1.29, 1.82) is 0 Å². The maximum Gasteiger partial charge on any atom is 0.216 e. The second-order valence-electron chi connectivity index (χ2n) is 7.21. The molecule has 28 heavy (non-hydrogen) atoms. The molecule has 7 nitrogen and oxygen atoms in total. The van der Waals surface area contributed by atoms with E-state index in [1.165, 1.54) is 15.4 Å². The van der Waals surface area contributed by atoms with Crippen molar-refractivity contribution in [2.45, 2.75) is 39.5 Å². The number of hydrogen-bond donors (Lipinski definition) is 1. The number of halogens is 1. The summed E-state index contributed by atoms with van der Waals surface area (Å²) < 4.78 is 32.4. The number of aryl methyl sites for hydroxylation is 1. The van der Waals surface area contributed by atoms with Crippen LogP contribution in [0, 0.1) is 6.92 Å². The molecule has 2 rings (SSSR count). The van der Waals surface area contributed by atoms with E-state index < -0.39 is 10.0 Å². The number of benzene rings is 1. The molecule has 0 amide bonds. The van der Waals surface area contributed by atoms with Gasteiger partial charge in [0.1, 0.15) is 0 Å². The molecule has 0 bridgehead atoms. The summed E-state index contributed by atoms with van der Waals surface area (Å²) in [7, 11) is 0.317. The average Bonchev–Trinajstić information content (AvgIpc) is 2.59. The van der Waals surface area contributed by atoms with Gasteiger partial charge >= 0.3 is 0 Å². The summed E-state index contributed by atoms with van der Waals surface area (Å²) in [6.45, 7) is 7.70. The second kappa shape index (κ2) is 11.3. The molecule has 0 spiro atoms. The fourth-order valence-corrected chi connectivity index (χ4v) is 4.70. The highest BCUT2D eigenvalue weighted by atomic mass is 127. The van der Waals surface area contributed by atoms with E-state index in [1.54, 1.807) is 7.05 Å². The van der Waals surface area contributed by atoms with E-state index in [0.717, 1.165) is 0 Å². The normalized spacial score (nSPS) is 21.1. The van der Waals surface area contributed by atoms with Crippen LogP contribution in [0.25, 0.3) is 0 Å². The van der Waals surface area contributed by atoms with Gasteiger partial charge < -0.3 is 15.0 Å². The highest BCUT2D eigenvalue weighted by molar-refractivity contribution is 14.0. The first kappa shape index (κ1) is 25.1. The molecule has 1 heterocycles. The fourth-order valence-electron chi connectivity index (χ4n) is 3.21. The Balaban J connectivity index is 0.00000392. The Morgan fingerprint density at radius 2 is 1.82 bits per heavy atom. The van der Waals surface area contributed by atoms with E-state index in [4.69, 9.17) is 4.74 Å². The van der Waals surface area contributed by atoms with Crippen molar-refractivity contribution in [1.82, 2.24) is 14.5 Å². The number of nitrogens with zero attached hydrogens (tertiary/aromatic N) is 3. The minimum atomic E-state index is -3.33. The number of aliphatic imine (C=N–C) groups is 1. The summed E-state index contributed by atoms with van der Waals surface area (Å²) in [5, 5.41) is 3.16. The lowest BCUT2D eigenvalue weighted by Crippen LogP contribution is -2.50. The van der Waals surface area contributed by atoms with Crippen LogP contribution in [0.2, 0.25) is 0 Å². The van der Waals surface area contributed by atoms with E-state index >= 15 is 0 Å². The Labute approximate surface area is 186 Å². The van der Waals surface area contributed by atoms with Crippen LogP contribution in [-0.4, -0.2) is 75.3 Å². The van der Waals surface area contributed by atoms with Crippen molar-refractivity contribution >= 4 is 40.0 Å². The highest BCUT2D eigenvalue weighted by Crippen LogP contribution is 2.14. The Hall–Kier alpha value is -0.910. The Morgan fingerprint density at radius 1 is 1.25 bits per heavy atom. The predicted octanol–water partition coefficient (Wildman–Crippen LogP) is 2.06. The standard InChI is InChI=1S/C19H32N4O3S.HI/c1-15-6-8-18(9-7-15)14-22(5)19(20-4)21-10-11-27(24,25)23-12-16(2)26-17(3)13-23;/h6-9,16-17H,10-14H2,1-5H3,(H,20,21);1H. The summed E-state index contributed by atoms with van der Waals surface area (Å²) in [5.41, 5.74) is 2.40. The number of nitrogens with one attached hydrogen (secondary N) is 1. The number of sulfonamides is 1. The van der Waals surface area contributed by atoms with E-state index in [2.05, 4.69) is 41.5 Å². The highest BCUT2D eigenvalue weighted by Gasteiger charge is 2.30. The molecule has 1 saturated heterocycles. The molecule has 0 aliphatic carbocycles. The first-order chi connectivity index (χ1) is 12.7. The molecular formula is C19H33IN4O3S. The van der Waals surface area contributed by atoms with Crippen LogP contribution in [0.15, 0.2) is 29.3 Å². The Morgan fingerprint density at radius 3 is 2.36 bits per heavy atom. The lowest BCUT2D eigenvalue weighted by Gasteiger charge is -2.34. The van der Waals surface area contributed by atoms with Crippen molar-refractivity contribution in [2.24, 2.45) is 4.99 Å². The molecule has 160 valence electrons. The third-order valence-corrected chi connectivity index (χ3v) is 6.34. The van der Waals surface area contributed by atoms with Crippen LogP contribution in [0.1, 0.15) is 25.0 Å². The van der Waals surface area contributed by atoms with Crippen LogP contribution >= 0.6 is 24.0 Å². The molecule has 2 atom stereocenters. The monoisotopic (exact) mass is 524 g/mol. The molecular weight excluding hydrogens is 491 g/mol. The van der Waals surface area contributed by atoms with Gasteiger partial charge in [-0.1, -0.05) is 29.8 Å². The molecule has 1 aromatic rings. The summed E-state index contributed by atoms with van der Waals surface area (Å²) in [6.07, 6.45) is -0.158. The maximum atomic E-state index is 12.6. The number of morpholine rings is 1. The zero-order chi connectivity index (χ0) is 20.0. The van der Waals surface area contributed by atoms with Gasteiger partial charge in [-0.05, 0) is 26.3 Å². The van der Waals surface area contributed by atoms with Gasteiger partial charge in [0.15, 0.2) is 5.96 Å². The Kier molecular flexibility index (Phi) is 10.2. The molecule has 0 radical (unpaired) electrons. The SMILES string of the molecule is CN=C(NCCS(=O)(=O)N1CC(C)OC(C)C1)N(C)Cc1ccc(C)cc1.I. The van der Waals surface area contributed by atoms with Crippen molar-refractivity contribution in [2.75, 3.05) is 39.5 Å². The van der Waals surface area contributed by atoms with E-state index in [-0.39, 0.29) is 41.9 Å². The van der Waals surface area contributed by atoms with Crippen LogP contribution in [0.5, 0.6) is 0 Å². The summed E-state index contributed by atoms with van der Waals surface area (Å²) in [4.78, 5) is 6.24. The lowest BCUT2D eigenvalue weighted by molar-refractivity contribution is -0.0440. The Bertz CT molecular complexity index is 730. The molecule has 1 fully saturated rings. The quantitative estimate of drug-likeness (QED) is 0.351. The molecule has 2 unspecified atom stereocenters. The minimum absolute atomic E-state index is 0. The third-order valence-electron chi connectivity index (χ3n) is 4.54. The topological polar surface area (TPSA) is 74.2 Å². The van der Waals surface area contributed by atoms with Crippen molar-refractivity contribution in [3.63, 3.8) is 0 Å². The van der Waals surface area contributed by atoms with Crippen molar-refractivity contribution in [3.05, 3.63) is 35.4 Å². The maximum absolute atomic E-state index is 12.6. The first-order valence-electron chi connectivity index (χ1n) is 9.32. The number of rotatable bonds is 6. The van der Waals surface area contributed by atoms with Crippen molar-refractivity contribution < 1.29 is 13.2 Å². The van der Waals surface area contributed by atoms with Gasteiger partial charge in [0, 0.05) is 40.3 Å². The van der Waals surface area contributed by atoms with Gasteiger partial charge in [0.2, 0.25) is 10.0 Å². The summed E-state index contributed by atoms with van der Waals surface area (Å²) in [6, 6.07) is 8.33. The van der Waals surface area contributed by atoms with Crippen molar-refractivity contribution in [3.8, 4) is 0 Å². The molecule has 1 N–H and O–H groups in total. The van der Waals surface area contributed by atoms with Gasteiger partial charge in [-0.25, -0.2) is 8.42 Å². The largest absolute Gasteiger partial charge is 0.373 e. The zero-order valence-electron chi connectivity index (χ0n) is 17.4.